The summed E-state index contributed by atoms with van der Waals surface area (Å²) in [5, 5.41) is 10.3. The van der Waals surface area contributed by atoms with Gasteiger partial charge in [0.1, 0.15) is 17.1 Å². The minimum atomic E-state index is -0.404. The number of fused-ring (bicyclic) bond motifs is 1. The minimum Gasteiger partial charge on any atom is -0.508 e. The molecule has 4 nitrogen and oxygen atoms in total. The van der Waals surface area contributed by atoms with Gasteiger partial charge in [-0.1, -0.05) is 12.1 Å². The SMILES string of the molecule is COc1cccc(-c2c(C)c3cc(O)ccc3oc2=O)c1. The van der Waals surface area contributed by atoms with Gasteiger partial charge >= 0.3 is 5.63 Å². The smallest absolute Gasteiger partial charge is 0.344 e. The van der Waals surface area contributed by atoms with E-state index in [1.54, 1.807) is 25.3 Å². The van der Waals surface area contributed by atoms with E-state index in [9.17, 15) is 9.90 Å². The summed E-state index contributed by atoms with van der Waals surface area (Å²) in [6, 6.07) is 11.9. The number of benzene rings is 2. The van der Waals surface area contributed by atoms with Gasteiger partial charge in [-0.15, -0.1) is 0 Å². The summed E-state index contributed by atoms with van der Waals surface area (Å²) >= 11 is 0. The lowest BCUT2D eigenvalue weighted by Gasteiger charge is -2.09. The van der Waals surface area contributed by atoms with Crippen LogP contribution in [0, 0.1) is 6.92 Å². The summed E-state index contributed by atoms with van der Waals surface area (Å²) in [5.41, 5.74) is 2.03. The van der Waals surface area contributed by atoms with Crippen LogP contribution in [-0.4, -0.2) is 12.2 Å². The third kappa shape index (κ3) is 2.25. The first-order valence-corrected chi connectivity index (χ1v) is 6.51. The maximum Gasteiger partial charge on any atom is 0.344 e. The number of phenols is 1. The number of phenolic OH excluding ortho intramolecular Hbond substituents is 1. The van der Waals surface area contributed by atoms with Crippen LogP contribution in [0.1, 0.15) is 5.56 Å². The maximum atomic E-state index is 12.3. The zero-order valence-electron chi connectivity index (χ0n) is 11.7. The van der Waals surface area contributed by atoms with E-state index >= 15 is 0 Å². The fourth-order valence-electron chi connectivity index (χ4n) is 2.45. The zero-order valence-corrected chi connectivity index (χ0v) is 11.7. The Balaban J connectivity index is 2.34. The summed E-state index contributed by atoms with van der Waals surface area (Å²) in [7, 11) is 1.58. The Morgan fingerprint density at radius 1 is 1.14 bits per heavy atom. The predicted octanol–water partition coefficient (Wildman–Crippen LogP) is 3.48. The van der Waals surface area contributed by atoms with Gasteiger partial charge in [0.05, 0.1) is 12.7 Å². The van der Waals surface area contributed by atoms with Crippen molar-refractivity contribution in [1.82, 2.24) is 0 Å². The van der Waals surface area contributed by atoms with Gasteiger partial charge in [-0.2, -0.15) is 0 Å². The van der Waals surface area contributed by atoms with Crippen LogP contribution in [0.3, 0.4) is 0 Å². The normalized spacial score (nSPS) is 10.8. The quantitative estimate of drug-likeness (QED) is 0.731. The molecule has 0 saturated heterocycles. The van der Waals surface area contributed by atoms with E-state index in [2.05, 4.69) is 0 Å². The first kappa shape index (κ1) is 13.2. The standard InChI is InChI=1S/C17H14O4/c1-10-14-9-12(18)6-7-15(14)21-17(19)16(10)11-4-3-5-13(8-11)20-2/h3-9,18H,1-2H3. The number of rotatable bonds is 2. The molecule has 0 atom stereocenters. The number of ether oxygens (including phenoxy) is 1. The largest absolute Gasteiger partial charge is 0.508 e. The highest BCUT2D eigenvalue weighted by molar-refractivity contribution is 5.87. The van der Waals surface area contributed by atoms with Crippen molar-refractivity contribution in [3.8, 4) is 22.6 Å². The van der Waals surface area contributed by atoms with Crippen molar-refractivity contribution in [3.63, 3.8) is 0 Å². The molecule has 0 aliphatic rings. The summed E-state index contributed by atoms with van der Waals surface area (Å²) in [6.45, 7) is 1.84. The van der Waals surface area contributed by atoms with Crippen molar-refractivity contribution in [2.24, 2.45) is 0 Å². The molecule has 1 N–H and O–H groups in total. The highest BCUT2D eigenvalue weighted by atomic mass is 16.5. The molecule has 2 aromatic carbocycles. The maximum absolute atomic E-state index is 12.3. The summed E-state index contributed by atoms with van der Waals surface area (Å²) in [4.78, 5) is 12.3. The van der Waals surface area contributed by atoms with Gasteiger partial charge in [0.2, 0.25) is 0 Å². The number of hydrogen-bond donors (Lipinski definition) is 1. The molecular weight excluding hydrogens is 268 g/mol. The Labute approximate surface area is 121 Å². The average molecular weight is 282 g/mol. The molecule has 0 spiro atoms. The van der Waals surface area contributed by atoms with E-state index in [0.717, 1.165) is 11.1 Å². The van der Waals surface area contributed by atoms with E-state index in [1.165, 1.54) is 6.07 Å². The molecule has 0 radical (unpaired) electrons. The van der Waals surface area contributed by atoms with Crippen LogP contribution < -0.4 is 10.4 Å². The predicted molar refractivity (Wildman–Crippen MR) is 80.9 cm³/mol. The molecule has 0 saturated carbocycles. The Kier molecular flexibility index (Phi) is 3.14. The lowest BCUT2D eigenvalue weighted by molar-refractivity contribution is 0.415. The molecule has 106 valence electrons. The summed E-state index contributed by atoms with van der Waals surface area (Å²) < 4.78 is 10.5. The van der Waals surface area contributed by atoms with Gasteiger partial charge in [-0.05, 0) is 48.4 Å². The van der Waals surface area contributed by atoms with Gasteiger partial charge in [0.25, 0.3) is 0 Å². The van der Waals surface area contributed by atoms with Gasteiger partial charge in [0, 0.05) is 5.39 Å². The fourth-order valence-corrected chi connectivity index (χ4v) is 2.45. The molecule has 0 fully saturated rings. The van der Waals surface area contributed by atoms with Crippen LogP contribution in [0.2, 0.25) is 0 Å². The molecule has 3 aromatic rings. The van der Waals surface area contributed by atoms with E-state index < -0.39 is 5.63 Å². The first-order chi connectivity index (χ1) is 10.1. The second kappa shape index (κ2) is 4.98. The van der Waals surface area contributed by atoms with Crippen molar-refractivity contribution in [1.29, 1.82) is 0 Å². The van der Waals surface area contributed by atoms with Gasteiger partial charge < -0.3 is 14.3 Å². The monoisotopic (exact) mass is 282 g/mol. The molecule has 21 heavy (non-hydrogen) atoms. The Hall–Kier alpha value is -2.75. The third-order valence-corrected chi connectivity index (χ3v) is 3.51. The number of aryl methyl sites for hydroxylation is 1. The first-order valence-electron chi connectivity index (χ1n) is 6.51. The van der Waals surface area contributed by atoms with Crippen molar-refractivity contribution >= 4 is 11.0 Å². The van der Waals surface area contributed by atoms with E-state index in [1.807, 2.05) is 25.1 Å². The molecule has 1 heterocycles. The molecule has 0 unspecified atom stereocenters. The lowest BCUT2D eigenvalue weighted by Crippen LogP contribution is -2.06. The molecule has 0 aliphatic carbocycles. The van der Waals surface area contributed by atoms with Crippen molar-refractivity contribution in [2.75, 3.05) is 7.11 Å². The van der Waals surface area contributed by atoms with Gasteiger partial charge in [-0.25, -0.2) is 4.79 Å². The van der Waals surface area contributed by atoms with Crippen LogP contribution in [0.4, 0.5) is 0 Å². The second-order valence-electron chi connectivity index (χ2n) is 4.80. The molecule has 0 aliphatic heterocycles. The van der Waals surface area contributed by atoms with Crippen LogP contribution in [0.25, 0.3) is 22.1 Å². The number of aromatic hydroxyl groups is 1. The number of hydrogen-bond acceptors (Lipinski definition) is 4. The van der Waals surface area contributed by atoms with Crippen molar-refractivity contribution in [3.05, 3.63) is 58.4 Å². The van der Waals surface area contributed by atoms with E-state index in [-0.39, 0.29) is 5.75 Å². The Morgan fingerprint density at radius 2 is 1.95 bits per heavy atom. The highest BCUT2D eigenvalue weighted by Gasteiger charge is 2.14. The van der Waals surface area contributed by atoms with Gasteiger partial charge in [0.15, 0.2) is 0 Å². The Morgan fingerprint density at radius 3 is 2.71 bits per heavy atom. The van der Waals surface area contributed by atoms with Crippen molar-refractivity contribution < 1.29 is 14.3 Å². The van der Waals surface area contributed by atoms with Crippen LogP contribution in [0.15, 0.2) is 51.7 Å². The average Bonchev–Trinajstić information content (AvgIpc) is 2.48. The summed E-state index contributed by atoms with van der Waals surface area (Å²) in [5.74, 6) is 0.804. The molecule has 3 rings (SSSR count). The van der Waals surface area contributed by atoms with Crippen LogP contribution in [-0.2, 0) is 0 Å². The van der Waals surface area contributed by atoms with Gasteiger partial charge in [-0.3, -0.25) is 0 Å². The second-order valence-corrected chi connectivity index (χ2v) is 4.80. The summed E-state index contributed by atoms with van der Waals surface area (Å²) in [6.07, 6.45) is 0. The van der Waals surface area contributed by atoms with Crippen molar-refractivity contribution in [2.45, 2.75) is 6.92 Å². The molecule has 0 amide bonds. The number of methoxy groups -OCH3 is 1. The molecular formula is C17H14O4. The zero-order chi connectivity index (χ0) is 15.0. The highest BCUT2D eigenvalue weighted by Crippen LogP contribution is 2.30. The van der Waals surface area contributed by atoms with E-state index in [4.69, 9.17) is 9.15 Å². The minimum absolute atomic E-state index is 0.135. The Bertz CT molecular complexity index is 878. The third-order valence-electron chi connectivity index (χ3n) is 3.51. The topological polar surface area (TPSA) is 59.7 Å². The molecule has 1 aromatic heterocycles. The molecule has 0 bridgehead atoms. The van der Waals surface area contributed by atoms with E-state index in [0.29, 0.717) is 22.3 Å². The lowest BCUT2D eigenvalue weighted by atomic mass is 9.99. The van der Waals surface area contributed by atoms with Crippen LogP contribution >= 0.6 is 0 Å². The fraction of sp³-hybridized carbons (Fsp3) is 0.118. The molecule has 4 heteroatoms. The van der Waals surface area contributed by atoms with Crippen LogP contribution in [0.5, 0.6) is 11.5 Å².